The maximum absolute atomic E-state index is 9.19. The van der Waals surface area contributed by atoms with Gasteiger partial charge in [0.05, 0.1) is 11.9 Å². The normalized spacial score (nSPS) is 16.0. The van der Waals surface area contributed by atoms with E-state index in [4.69, 9.17) is 10.3 Å². The molecule has 0 amide bonds. The van der Waals surface area contributed by atoms with Crippen LogP contribution in [0.1, 0.15) is 30.3 Å². The Kier molecular flexibility index (Phi) is 6.18. The molecule has 19 heavy (non-hydrogen) atoms. The number of hydrogen-bond acceptors (Lipinski definition) is 6. The fourth-order valence-electron chi connectivity index (χ4n) is 1.68. The fraction of sp³-hybridized carbons (Fsp3) is 0.727. The van der Waals surface area contributed by atoms with Crippen molar-refractivity contribution >= 4 is 26.6 Å². The summed E-state index contributed by atoms with van der Waals surface area (Å²) in [4.78, 5) is 6.05. The van der Waals surface area contributed by atoms with Gasteiger partial charge in [0, 0.05) is 17.5 Å². The van der Waals surface area contributed by atoms with Crippen LogP contribution in [-0.2, 0) is 23.0 Å². The van der Waals surface area contributed by atoms with Crippen LogP contribution >= 0.6 is 11.3 Å². The predicted molar refractivity (Wildman–Crippen MR) is 78.4 cm³/mol. The Balaban J connectivity index is 0.000000312. The van der Waals surface area contributed by atoms with E-state index in [9.17, 15) is 8.42 Å². The molecule has 1 aliphatic rings. The van der Waals surface area contributed by atoms with Gasteiger partial charge in [0.2, 0.25) is 0 Å². The smallest absolute Gasteiger partial charge is 0.261 e. The van der Waals surface area contributed by atoms with E-state index in [0.717, 1.165) is 18.1 Å². The average Bonchev–Trinajstić information content (AvgIpc) is 2.66. The molecule has 1 aliphatic carbocycles. The van der Waals surface area contributed by atoms with Crippen LogP contribution in [-0.4, -0.2) is 36.8 Å². The van der Waals surface area contributed by atoms with Crippen molar-refractivity contribution in [2.75, 3.05) is 18.1 Å². The second-order valence-corrected chi connectivity index (χ2v) is 7.24. The molecular weight excluding hydrogens is 286 g/mol. The van der Waals surface area contributed by atoms with Crippen molar-refractivity contribution < 1.29 is 13.0 Å². The molecular formula is C11H21N3O3S2. The quantitative estimate of drug-likeness (QED) is 0.727. The lowest BCUT2D eigenvalue weighted by atomic mass is 10.0. The van der Waals surface area contributed by atoms with Gasteiger partial charge < -0.3 is 11.1 Å². The van der Waals surface area contributed by atoms with Gasteiger partial charge >= 0.3 is 0 Å². The Morgan fingerprint density at radius 3 is 2.58 bits per heavy atom. The van der Waals surface area contributed by atoms with E-state index in [0.29, 0.717) is 6.26 Å². The largest absolute Gasteiger partial charge is 0.360 e. The SMILES string of the molecule is CC(N)CNc1nc2c(s1)CCCC2.CS(=O)(=O)O. The number of aryl methyl sites for hydroxylation is 2. The van der Waals surface area contributed by atoms with E-state index in [2.05, 4.69) is 10.3 Å². The summed E-state index contributed by atoms with van der Waals surface area (Å²) < 4.78 is 25.9. The van der Waals surface area contributed by atoms with Crippen molar-refractivity contribution in [1.29, 1.82) is 0 Å². The van der Waals surface area contributed by atoms with Gasteiger partial charge in [0.15, 0.2) is 5.13 Å². The first-order chi connectivity index (χ1) is 8.75. The topological polar surface area (TPSA) is 105 Å². The van der Waals surface area contributed by atoms with E-state index in [1.54, 1.807) is 11.3 Å². The summed E-state index contributed by atoms with van der Waals surface area (Å²) in [6.07, 6.45) is 5.71. The van der Waals surface area contributed by atoms with Gasteiger partial charge in [-0.25, -0.2) is 4.98 Å². The van der Waals surface area contributed by atoms with E-state index in [1.807, 2.05) is 6.92 Å². The van der Waals surface area contributed by atoms with Crippen LogP contribution in [0, 0.1) is 0 Å². The van der Waals surface area contributed by atoms with E-state index in [-0.39, 0.29) is 6.04 Å². The number of nitrogens with two attached hydrogens (primary N) is 1. The molecule has 1 heterocycles. The molecule has 6 nitrogen and oxygen atoms in total. The van der Waals surface area contributed by atoms with Crippen LogP contribution in [0.5, 0.6) is 0 Å². The number of fused-ring (bicyclic) bond motifs is 1. The van der Waals surface area contributed by atoms with Crippen molar-refractivity contribution in [1.82, 2.24) is 4.98 Å². The van der Waals surface area contributed by atoms with Crippen molar-refractivity contribution in [3.05, 3.63) is 10.6 Å². The zero-order valence-corrected chi connectivity index (χ0v) is 12.9. The van der Waals surface area contributed by atoms with Crippen LogP contribution in [0.25, 0.3) is 0 Å². The fourth-order valence-corrected chi connectivity index (χ4v) is 2.73. The Labute approximate surface area is 118 Å². The van der Waals surface area contributed by atoms with Crippen molar-refractivity contribution in [3.8, 4) is 0 Å². The standard InChI is InChI=1S/C10H17N3S.CH4O3S/c1-7(11)6-12-10-13-8-4-2-3-5-9(8)14-10;1-5(2,3)4/h7H,2-6,11H2,1H3,(H,12,13);1H3,(H,2,3,4). The number of thiazole rings is 1. The molecule has 0 fully saturated rings. The van der Waals surface area contributed by atoms with Gasteiger partial charge in [-0.05, 0) is 32.6 Å². The number of aromatic nitrogens is 1. The summed E-state index contributed by atoms with van der Waals surface area (Å²) in [5, 5.41) is 4.33. The highest BCUT2D eigenvalue weighted by atomic mass is 32.2. The summed E-state index contributed by atoms with van der Waals surface area (Å²) in [6.45, 7) is 2.81. The average molecular weight is 307 g/mol. The summed E-state index contributed by atoms with van der Waals surface area (Å²) in [7, 11) is -3.67. The predicted octanol–water partition coefficient (Wildman–Crippen LogP) is 1.29. The number of anilines is 1. The summed E-state index contributed by atoms with van der Waals surface area (Å²) >= 11 is 1.80. The van der Waals surface area contributed by atoms with E-state index >= 15 is 0 Å². The minimum absolute atomic E-state index is 0.191. The molecule has 110 valence electrons. The Hall–Kier alpha value is -0.700. The Morgan fingerprint density at radius 2 is 2.05 bits per heavy atom. The Morgan fingerprint density at radius 1 is 1.47 bits per heavy atom. The van der Waals surface area contributed by atoms with Crippen LogP contribution in [0.3, 0.4) is 0 Å². The molecule has 0 aromatic carbocycles. The lowest BCUT2D eigenvalue weighted by Gasteiger charge is -2.06. The molecule has 0 bridgehead atoms. The lowest BCUT2D eigenvalue weighted by molar-refractivity contribution is 0.490. The second-order valence-electron chi connectivity index (χ2n) is 4.69. The van der Waals surface area contributed by atoms with Crippen molar-refractivity contribution in [2.24, 2.45) is 5.73 Å². The summed E-state index contributed by atoms with van der Waals surface area (Å²) in [5.41, 5.74) is 6.99. The van der Waals surface area contributed by atoms with Crippen LogP contribution in [0.4, 0.5) is 5.13 Å². The molecule has 0 aliphatic heterocycles. The second kappa shape index (κ2) is 7.18. The third kappa shape index (κ3) is 7.46. The highest BCUT2D eigenvalue weighted by Crippen LogP contribution is 2.29. The molecule has 1 aromatic rings. The minimum Gasteiger partial charge on any atom is -0.360 e. The van der Waals surface area contributed by atoms with Crippen LogP contribution < -0.4 is 11.1 Å². The molecule has 1 aromatic heterocycles. The van der Waals surface area contributed by atoms with Gasteiger partial charge in [-0.15, -0.1) is 11.3 Å². The van der Waals surface area contributed by atoms with Gasteiger partial charge in [0.25, 0.3) is 10.1 Å². The molecule has 0 radical (unpaired) electrons. The van der Waals surface area contributed by atoms with E-state index < -0.39 is 10.1 Å². The number of nitrogens with one attached hydrogen (secondary N) is 1. The third-order valence-electron chi connectivity index (χ3n) is 2.42. The number of rotatable bonds is 3. The number of hydrogen-bond donors (Lipinski definition) is 3. The highest BCUT2D eigenvalue weighted by molar-refractivity contribution is 7.85. The molecule has 0 spiro atoms. The van der Waals surface area contributed by atoms with Crippen LogP contribution in [0.2, 0.25) is 0 Å². The van der Waals surface area contributed by atoms with Gasteiger partial charge in [-0.1, -0.05) is 0 Å². The maximum atomic E-state index is 9.19. The van der Waals surface area contributed by atoms with E-state index in [1.165, 1.54) is 29.8 Å². The molecule has 2 rings (SSSR count). The molecule has 4 N–H and O–H groups in total. The van der Waals surface area contributed by atoms with Crippen molar-refractivity contribution in [2.45, 2.75) is 38.6 Å². The summed E-state index contributed by atoms with van der Waals surface area (Å²) in [5.74, 6) is 0. The highest BCUT2D eigenvalue weighted by Gasteiger charge is 2.14. The maximum Gasteiger partial charge on any atom is 0.261 e. The molecule has 1 unspecified atom stereocenters. The van der Waals surface area contributed by atoms with Gasteiger partial charge in [-0.3, -0.25) is 4.55 Å². The van der Waals surface area contributed by atoms with Gasteiger partial charge in [-0.2, -0.15) is 8.42 Å². The van der Waals surface area contributed by atoms with Crippen molar-refractivity contribution in [3.63, 3.8) is 0 Å². The minimum atomic E-state index is -3.67. The first-order valence-electron chi connectivity index (χ1n) is 6.16. The Bertz CT molecular complexity index is 466. The first kappa shape index (κ1) is 16.4. The van der Waals surface area contributed by atoms with Crippen LogP contribution in [0.15, 0.2) is 0 Å². The zero-order valence-electron chi connectivity index (χ0n) is 11.2. The first-order valence-corrected chi connectivity index (χ1v) is 8.82. The monoisotopic (exact) mass is 307 g/mol. The molecule has 1 atom stereocenters. The molecule has 8 heteroatoms. The third-order valence-corrected chi connectivity index (χ3v) is 3.54. The molecule has 0 saturated heterocycles. The zero-order chi connectivity index (χ0) is 14.5. The lowest BCUT2D eigenvalue weighted by Crippen LogP contribution is -2.25. The van der Waals surface area contributed by atoms with Gasteiger partial charge in [0.1, 0.15) is 0 Å². The summed E-state index contributed by atoms with van der Waals surface area (Å²) in [6, 6.07) is 0.191. The number of nitrogens with zero attached hydrogens (tertiary/aromatic N) is 1. The molecule has 0 saturated carbocycles.